The van der Waals surface area contributed by atoms with Crippen LogP contribution in [0.4, 0.5) is 0 Å². The number of nitrogens with zero attached hydrogens (tertiary/aromatic N) is 1. The van der Waals surface area contributed by atoms with Crippen molar-refractivity contribution in [1.29, 1.82) is 0 Å². The van der Waals surface area contributed by atoms with Crippen molar-refractivity contribution in [3.8, 4) is 0 Å². The van der Waals surface area contributed by atoms with Gasteiger partial charge in [0, 0.05) is 24.8 Å². The molecule has 2 nitrogen and oxygen atoms in total. The summed E-state index contributed by atoms with van der Waals surface area (Å²) in [5.41, 5.74) is 5.31. The second-order valence-electron chi connectivity index (χ2n) is 4.83. The van der Waals surface area contributed by atoms with Gasteiger partial charge in [-0.3, -0.25) is 4.99 Å². The second-order valence-corrected chi connectivity index (χ2v) is 4.83. The molecule has 16 heavy (non-hydrogen) atoms. The molecular formula is C14H17NO. The maximum atomic E-state index is 5.39. The maximum Gasteiger partial charge on any atom is 0.0668 e. The van der Waals surface area contributed by atoms with E-state index in [9.17, 15) is 0 Å². The molecule has 3 aliphatic rings. The van der Waals surface area contributed by atoms with Crippen LogP contribution in [0.25, 0.3) is 0 Å². The Labute approximate surface area is 96.4 Å². The molecule has 3 rings (SSSR count). The minimum atomic E-state index is 0.619. The van der Waals surface area contributed by atoms with Crippen LogP contribution in [0.1, 0.15) is 26.2 Å². The number of allylic oxidation sites excluding steroid dienone is 5. The fourth-order valence-electron chi connectivity index (χ4n) is 2.56. The molecule has 84 valence electrons. The van der Waals surface area contributed by atoms with Gasteiger partial charge in [-0.25, -0.2) is 0 Å². The third kappa shape index (κ3) is 1.78. The van der Waals surface area contributed by atoms with Crippen molar-refractivity contribution in [2.24, 2.45) is 10.9 Å². The Morgan fingerprint density at radius 1 is 1.25 bits per heavy atom. The van der Waals surface area contributed by atoms with E-state index in [4.69, 9.17) is 9.73 Å². The topological polar surface area (TPSA) is 21.6 Å². The van der Waals surface area contributed by atoms with E-state index in [0.717, 1.165) is 32.5 Å². The van der Waals surface area contributed by atoms with Gasteiger partial charge in [0.15, 0.2) is 0 Å². The van der Waals surface area contributed by atoms with Gasteiger partial charge >= 0.3 is 0 Å². The van der Waals surface area contributed by atoms with Crippen molar-refractivity contribution >= 4 is 5.71 Å². The summed E-state index contributed by atoms with van der Waals surface area (Å²) in [6.07, 6.45) is 9.96. The highest BCUT2D eigenvalue weighted by Gasteiger charge is 2.24. The molecule has 0 bridgehead atoms. The highest BCUT2D eigenvalue weighted by Crippen LogP contribution is 2.32. The molecule has 1 saturated heterocycles. The molecular weight excluding hydrogens is 198 g/mol. The third-order valence-corrected chi connectivity index (χ3v) is 3.54. The molecule has 0 radical (unpaired) electrons. The van der Waals surface area contributed by atoms with Crippen molar-refractivity contribution in [3.63, 3.8) is 0 Å². The van der Waals surface area contributed by atoms with Crippen molar-refractivity contribution in [2.75, 3.05) is 13.2 Å². The lowest BCUT2D eigenvalue weighted by molar-refractivity contribution is 0.0830. The van der Waals surface area contributed by atoms with E-state index in [1.807, 2.05) is 0 Å². The smallest absolute Gasteiger partial charge is 0.0668 e. The molecule has 0 aromatic rings. The van der Waals surface area contributed by atoms with Gasteiger partial charge in [-0.15, -0.1) is 0 Å². The van der Waals surface area contributed by atoms with Crippen molar-refractivity contribution in [1.82, 2.24) is 0 Å². The van der Waals surface area contributed by atoms with Gasteiger partial charge in [0.25, 0.3) is 0 Å². The summed E-state index contributed by atoms with van der Waals surface area (Å²) in [6.45, 7) is 3.97. The summed E-state index contributed by atoms with van der Waals surface area (Å²) in [7, 11) is 0. The summed E-state index contributed by atoms with van der Waals surface area (Å²) in [5.74, 6) is 0.619. The van der Waals surface area contributed by atoms with Crippen LogP contribution in [0.2, 0.25) is 0 Å². The van der Waals surface area contributed by atoms with Gasteiger partial charge in [-0.2, -0.15) is 0 Å². The van der Waals surface area contributed by atoms with Crippen LogP contribution in [0.5, 0.6) is 0 Å². The van der Waals surface area contributed by atoms with E-state index in [2.05, 4.69) is 25.2 Å². The van der Waals surface area contributed by atoms with Gasteiger partial charge in [0.1, 0.15) is 0 Å². The number of ether oxygens (including phenoxy) is 1. The van der Waals surface area contributed by atoms with Gasteiger partial charge in [0.05, 0.1) is 5.70 Å². The van der Waals surface area contributed by atoms with Crippen LogP contribution in [0.3, 0.4) is 0 Å². The first-order valence-corrected chi connectivity index (χ1v) is 6.07. The Bertz CT molecular complexity index is 420. The Balaban J connectivity index is 1.81. The molecule has 2 heteroatoms. The van der Waals surface area contributed by atoms with Crippen molar-refractivity contribution in [2.45, 2.75) is 26.2 Å². The summed E-state index contributed by atoms with van der Waals surface area (Å²) in [5, 5.41) is 0. The lowest BCUT2D eigenvalue weighted by Crippen LogP contribution is -2.21. The minimum Gasteiger partial charge on any atom is -0.381 e. The largest absolute Gasteiger partial charge is 0.381 e. The van der Waals surface area contributed by atoms with E-state index in [0.29, 0.717) is 5.92 Å². The predicted molar refractivity (Wildman–Crippen MR) is 65.5 cm³/mol. The third-order valence-electron chi connectivity index (χ3n) is 3.54. The second kappa shape index (κ2) is 4.02. The monoisotopic (exact) mass is 215 g/mol. The molecule has 2 heterocycles. The van der Waals surface area contributed by atoms with E-state index in [-0.39, 0.29) is 0 Å². The van der Waals surface area contributed by atoms with Crippen molar-refractivity contribution in [3.05, 3.63) is 35.1 Å². The fourth-order valence-corrected chi connectivity index (χ4v) is 2.56. The first-order chi connectivity index (χ1) is 7.83. The Kier molecular flexibility index (Phi) is 2.52. The van der Waals surface area contributed by atoms with Gasteiger partial charge in [-0.1, -0.05) is 11.6 Å². The molecule has 1 fully saturated rings. The summed E-state index contributed by atoms with van der Waals surface area (Å²) in [6, 6.07) is 0. The zero-order chi connectivity index (χ0) is 11.0. The zero-order valence-electron chi connectivity index (χ0n) is 9.70. The molecule has 0 amide bonds. The number of aliphatic imine (C=N–C) groups is 1. The molecule has 0 aromatic heterocycles. The predicted octanol–water partition coefficient (Wildman–Crippen LogP) is 3.03. The summed E-state index contributed by atoms with van der Waals surface area (Å²) >= 11 is 0. The first-order valence-electron chi connectivity index (χ1n) is 6.07. The lowest BCUT2D eigenvalue weighted by Gasteiger charge is -2.20. The molecule has 2 aliphatic heterocycles. The maximum absolute atomic E-state index is 5.39. The fraction of sp³-hybridized carbons (Fsp3) is 0.500. The number of rotatable bonds is 1. The van der Waals surface area contributed by atoms with Gasteiger partial charge in [0.2, 0.25) is 0 Å². The van der Waals surface area contributed by atoms with E-state index in [1.54, 1.807) is 0 Å². The Hall–Kier alpha value is -1.15. The summed E-state index contributed by atoms with van der Waals surface area (Å²) < 4.78 is 5.39. The van der Waals surface area contributed by atoms with Crippen LogP contribution in [0, 0.1) is 5.92 Å². The Morgan fingerprint density at radius 2 is 2.06 bits per heavy atom. The van der Waals surface area contributed by atoms with E-state index < -0.39 is 0 Å². The van der Waals surface area contributed by atoms with E-state index >= 15 is 0 Å². The number of fused-ring (bicyclic) bond motifs is 1. The van der Waals surface area contributed by atoms with Crippen LogP contribution < -0.4 is 0 Å². The standard InChI is InChI=1S/C14H17NO/c1-10-2-3-13-12(8-10)9-14(15-13)11-4-6-16-7-5-11/h2-3,9,11H,4-8H2,1H3. The number of hydrogen-bond donors (Lipinski definition) is 0. The van der Waals surface area contributed by atoms with E-state index in [1.165, 1.54) is 22.6 Å². The van der Waals surface area contributed by atoms with Gasteiger partial charge < -0.3 is 4.74 Å². The first kappa shape index (κ1) is 10.0. The summed E-state index contributed by atoms with van der Waals surface area (Å²) in [4.78, 5) is 4.75. The van der Waals surface area contributed by atoms with Gasteiger partial charge in [-0.05, 0) is 43.9 Å². The molecule has 0 N–H and O–H groups in total. The van der Waals surface area contributed by atoms with Crippen LogP contribution in [-0.2, 0) is 4.74 Å². The zero-order valence-corrected chi connectivity index (χ0v) is 9.70. The Morgan fingerprint density at radius 3 is 2.88 bits per heavy atom. The number of hydrogen-bond acceptors (Lipinski definition) is 2. The highest BCUT2D eigenvalue weighted by atomic mass is 16.5. The molecule has 0 spiro atoms. The average molecular weight is 215 g/mol. The highest BCUT2D eigenvalue weighted by molar-refractivity contribution is 6.01. The van der Waals surface area contributed by atoms with Crippen molar-refractivity contribution < 1.29 is 4.74 Å². The molecule has 0 aromatic carbocycles. The minimum absolute atomic E-state index is 0.619. The van der Waals surface area contributed by atoms with Crippen LogP contribution in [0.15, 0.2) is 40.1 Å². The lowest BCUT2D eigenvalue weighted by atomic mass is 9.93. The molecule has 1 aliphatic carbocycles. The quantitative estimate of drug-likeness (QED) is 0.659. The van der Waals surface area contributed by atoms with Crippen LogP contribution in [-0.4, -0.2) is 18.9 Å². The molecule has 0 atom stereocenters. The molecule has 0 unspecified atom stereocenters. The normalized spacial score (nSPS) is 25.6. The SMILES string of the molecule is CC1=CC=C2N=C(C3CCOCC3)C=C2C1. The average Bonchev–Trinajstić information content (AvgIpc) is 2.73. The molecule has 0 saturated carbocycles. The van der Waals surface area contributed by atoms with Crippen LogP contribution >= 0.6 is 0 Å².